The number of anilines is 7. The molecule has 0 spiro atoms. The van der Waals surface area contributed by atoms with E-state index in [1.54, 1.807) is 36.3 Å². The number of aromatic nitrogens is 5. The fourth-order valence-corrected chi connectivity index (χ4v) is 9.94. The minimum Gasteiger partial charge on any atom is -0.495 e. The van der Waals surface area contributed by atoms with Crippen LogP contribution in [0.3, 0.4) is 0 Å². The smallest absolute Gasteiger partial charge is 0.299 e. The highest BCUT2D eigenvalue weighted by Crippen LogP contribution is 2.45. The SMILES string of the molecule is CCN(CC)c1cc(Nc2nc(Nc3cc(N(CC)CC)c(OC)cc3N=Nc3snc4ccc(OC)c(S(=O)(=O)O)c34)nc(N(CCO)CCO)n2)c(N=Nc2snc3ccc(C)cc23)cc1OC. The highest BCUT2D eigenvalue weighted by molar-refractivity contribution is 7.86. The van der Waals surface area contributed by atoms with Crippen molar-refractivity contribution >= 4 is 117 Å². The van der Waals surface area contributed by atoms with Crippen LogP contribution in [0.4, 0.5) is 62.0 Å². The van der Waals surface area contributed by atoms with E-state index in [1.165, 1.54) is 31.8 Å². The normalized spacial score (nSPS) is 11.8. The summed E-state index contributed by atoms with van der Waals surface area (Å²) in [4.78, 5) is 19.7. The predicted molar refractivity (Wildman–Crippen MR) is 275 cm³/mol. The van der Waals surface area contributed by atoms with Crippen LogP contribution >= 0.6 is 23.1 Å². The Bertz CT molecular complexity index is 3140. The molecule has 0 aliphatic heterocycles. The fraction of sp³-hybridized carbons (Fsp3) is 0.356. The molecule has 0 bridgehead atoms. The molecular weight excluding hydrogens is 961 g/mol. The van der Waals surface area contributed by atoms with Crippen LogP contribution in [0.15, 0.2) is 79.9 Å². The number of fused-ring (bicyclic) bond motifs is 2. The van der Waals surface area contributed by atoms with Gasteiger partial charge in [0.15, 0.2) is 10.0 Å². The van der Waals surface area contributed by atoms with Crippen molar-refractivity contribution in [3.63, 3.8) is 0 Å². The van der Waals surface area contributed by atoms with Crippen molar-refractivity contribution in [1.29, 1.82) is 0 Å². The first-order valence-corrected chi connectivity index (χ1v) is 25.1. The molecule has 25 heteroatoms. The summed E-state index contributed by atoms with van der Waals surface area (Å²) in [6.07, 6.45) is 0. The van der Waals surface area contributed by atoms with Gasteiger partial charge >= 0.3 is 0 Å². The molecule has 0 aliphatic rings. The summed E-state index contributed by atoms with van der Waals surface area (Å²) in [6.45, 7) is 12.3. The average Bonchev–Trinajstić information content (AvgIpc) is 3.96. The van der Waals surface area contributed by atoms with Crippen LogP contribution < -0.4 is 39.5 Å². The van der Waals surface area contributed by atoms with Crippen LogP contribution in [0.25, 0.3) is 21.8 Å². The summed E-state index contributed by atoms with van der Waals surface area (Å²) in [5.74, 6) is 1.12. The lowest BCUT2D eigenvalue weighted by atomic mass is 10.2. The number of nitrogens with one attached hydrogen (secondary N) is 2. The predicted octanol–water partition coefficient (Wildman–Crippen LogP) is 9.47. The van der Waals surface area contributed by atoms with Crippen LogP contribution in [0.5, 0.6) is 17.2 Å². The largest absolute Gasteiger partial charge is 0.495 e. The zero-order chi connectivity index (χ0) is 50.1. The number of methoxy groups -OCH3 is 3. The maximum absolute atomic E-state index is 12.7. The Morgan fingerprint density at radius 2 is 1.13 bits per heavy atom. The third kappa shape index (κ3) is 11.1. The number of nitrogens with zero attached hydrogens (tertiary/aromatic N) is 12. The van der Waals surface area contributed by atoms with Gasteiger partial charge in [-0.15, -0.1) is 20.5 Å². The Morgan fingerprint density at radius 3 is 1.63 bits per heavy atom. The molecule has 7 aromatic rings. The zero-order valence-electron chi connectivity index (χ0n) is 39.8. The van der Waals surface area contributed by atoms with Gasteiger partial charge in [-0.3, -0.25) is 4.55 Å². The molecule has 3 aromatic heterocycles. The quantitative estimate of drug-likeness (QED) is 0.0295. The number of hydrogen-bond donors (Lipinski definition) is 5. The van der Waals surface area contributed by atoms with Crippen LogP contribution in [-0.4, -0.2) is 121 Å². The maximum atomic E-state index is 12.7. The summed E-state index contributed by atoms with van der Waals surface area (Å²) in [7, 11) is -0.386. The molecule has 0 saturated heterocycles. The molecule has 70 heavy (non-hydrogen) atoms. The van der Waals surface area contributed by atoms with E-state index in [0.29, 0.717) is 65.4 Å². The van der Waals surface area contributed by atoms with Gasteiger partial charge in [-0.05, 0) is 94.1 Å². The van der Waals surface area contributed by atoms with E-state index in [9.17, 15) is 23.2 Å². The molecule has 7 rings (SSSR count). The van der Waals surface area contributed by atoms with Gasteiger partial charge in [0, 0.05) is 56.8 Å². The van der Waals surface area contributed by atoms with E-state index in [1.807, 2.05) is 58.9 Å². The molecule has 0 radical (unpaired) electrons. The van der Waals surface area contributed by atoms with Crippen LogP contribution in [0.2, 0.25) is 0 Å². The number of rotatable bonds is 23. The third-order valence-corrected chi connectivity index (χ3v) is 13.5. The van der Waals surface area contributed by atoms with Crippen molar-refractivity contribution in [2.75, 3.05) is 99.1 Å². The summed E-state index contributed by atoms with van der Waals surface area (Å²) < 4.78 is 61.6. The van der Waals surface area contributed by atoms with Gasteiger partial charge in [0.1, 0.15) is 33.5 Å². The van der Waals surface area contributed by atoms with Gasteiger partial charge in [0.05, 0.1) is 73.7 Å². The number of azo groups is 2. The third-order valence-electron chi connectivity index (χ3n) is 11.1. The zero-order valence-corrected chi connectivity index (χ0v) is 42.3. The van der Waals surface area contributed by atoms with Crippen molar-refractivity contribution in [3.8, 4) is 17.2 Å². The van der Waals surface area contributed by atoms with Crippen LogP contribution in [-0.2, 0) is 10.1 Å². The molecule has 3 heterocycles. The Balaban J connectivity index is 1.39. The Hall–Kier alpha value is -6.90. The first-order valence-electron chi connectivity index (χ1n) is 22.2. The second kappa shape index (κ2) is 22.7. The second-order valence-electron chi connectivity index (χ2n) is 15.3. The highest BCUT2D eigenvalue weighted by Gasteiger charge is 2.26. The lowest BCUT2D eigenvalue weighted by molar-refractivity contribution is 0.280. The molecule has 0 unspecified atom stereocenters. The fourth-order valence-electron chi connectivity index (χ4n) is 7.62. The van der Waals surface area contributed by atoms with Gasteiger partial charge in [0.25, 0.3) is 10.1 Å². The van der Waals surface area contributed by atoms with Gasteiger partial charge in [0.2, 0.25) is 17.8 Å². The Kier molecular flexibility index (Phi) is 16.5. The van der Waals surface area contributed by atoms with E-state index >= 15 is 0 Å². The molecule has 0 fully saturated rings. The summed E-state index contributed by atoms with van der Waals surface area (Å²) in [5, 5.41) is 46.9. The lowest BCUT2D eigenvalue weighted by Gasteiger charge is -2.25. The Morgan fingerprint density at radius 1 is 0.629 bits per heavy atom. The number of ether oxygens (including phenoxy) is 3. The molecule has 5 N–H and O–H groups in total. The monoisotopic (exact) mass is 1010 g/mol. The number of benzene rings is 4. The van der Waals surface area contributed by atoms with Gasteiger partial charge in [-0.1, -0.05) is 11.6 Å². The van der Waals surface area contributed by atoms with Gasteiger partial charge in [-0.25, -0.2) is 0 Å². The van der Waals surface area contributed by atoms with E-state index in [2.05, 4.69) is 44.5 Å². The second-order valence-corrected chi connectivity index (χ2v) is 18.1. The summed E-state index contributed by atoms with van der Waals surface area (Å²) in [6, 6.07) is 16.0. The minimum absolute atomic E-state index is 0.0225. The minimum atomic E-state index is -4.80. The average molecular weight is 1020 g/mol. The molecule has 4 aromatic carbocycles. The van der Waals surface area contributed by atoms with Crippen molar-refractivity contribution in [3.05, 3.63) is 60.2 Å². The molecule has 370 valence electrons. The van der Waals surface area contributed by atoms with Crippen molar-refractivity contribution in [1.82, 2.24) is 23.7 Å². The van der Waals surface area contributed by atoms with E-state index in [0.717, 1.165) is 33.7 Å². The summed E-state index contributed by atoms with van der Waals surface area (Å²) >= 11 is 2.11. The number of aryl methyl sites for hydroxylation is 1. The standard InChI is InChI=1S/C45H54N14O8S3/c1-9-57(10-2)34-22-30(32(24-37(34)66-7)51-53-41-27-21-26(5)13-14-28(27)55-68-41)46-43-48-44(50-45(49-43)59(17-19-60)18-20-61)47-31-23-35(58(11-3)12-4)38(67-8)25-33(31)52-54-42-39-29(56-69-42)15-16-36(65-6)40(39)70(62,63)64/h13-16,21-25,60-61H,9-12,17-20H2,1-8H3,(H,62,63,64)(H2,46,47,48,49,50). The number of hydrogen-bond acceptors (Lipinski definition) is 23. The molecule has 22 nitrogen and oxygen atoms in total. The topological polar surface area (TPSA) is 270 Å². The first kappa shape index (κ1) is 51.0. The molecular formula is C45H54N14O8S3. The van der Waals surface area contributed by atoms with Crippen molar-refractivity contribution < 1.29 is 37.4 Å². The lowest BCUT2D eigenvalue weighted by Crippen LogP contribution is -2.31. The van der Waals surface area contributed by atoms with E-state index in [-0.39, 0.29) is 71.5 Å². The van der Waals surface area contributed by atoms with Crippen LogP contribution in [0, 0.1) is 6.92 Å². The number of aliphatic hydroxyl groups is 2. The van der Waals surface area contributed by atoms with Crippen molar-refractivity contribution in [2.24, 2.45) is 20.5 Å². The van der Waals surface area contributed by atoms with Gasteiger partial charge in [-0.2, -0.15) is 32.1 Å². The van der Waals surface area contributed by atoms with Crippen molar-refractivity contribution in [2.45, 2.75) is 39.5 Å². The van der Waals surface area contributed by atoms with Crippen LogP contribution in [0.1, 0.15) is 33.3 Å². The maximum Gasteiger partial charge on any atom is 0.299 e. The Labute approximate surface area is 412 Å². The number of aliphatic hydroxyl groups excluding tert-OH is 2. The molecule has 0 amide bonds. The van der Waals surface area contributed by atoms with Gasteiger partial charge < -0.3 is 49.8 Å². The highest BCUT2D eigenvalue weighted by atomic mass is 32.2. The summed E-state index contributed by atoms with van der Waals surface area (Å²) in [5.41, 5.74) is 5.03. The molecule has 0 aliphatic carbocycles. The molecule has 0 atom stereocenters. The first-order chi connectivity index (χ1) is 33.8. The van der Waals surface area contributed by atoms with E-state index < -0.39 is 15.0 Å². The molecule has 0 saturated carbocycles. The van der Waals surface area contributed by atoms with E-state index in [4.69, 9.17) is 34.3 Å².